The van der Waals surface area contributed by atoms with E-state index in [0.717, 1.165) is 33.3 Å². The molecule has 108 valence electrons. The average Bonchev–Trinajstić information content (AvgIpc) is 2.93. The standard InChI is InChI=1S/C20H17NO/c1-14-10-12-15(13-11-14)21(2)18-8-5-7-17-16-6-3-4-9-19(16)22-20(17)18/h3-13H,1-2H3. The van der Waals surface area contributed by atoms with Crippen LogP contribution >= 0.6 is 0 Å². The van der Waals surface area contributed by atoms with Gasteiger partial charge >= 0.3 is 0 Å². The highest BCUT2D eigenvalue weighted by molar-refractivity contribution is 6.09. The third-order valence-electron chi connectivity index (χ3n) is 4.17. The van der Waals surface area contributed by atoms with Crippen molar-refractivity contribution in [1.82, 2.24) is 0 Å². The van der Waals surface area contributed by atoms with Gasteiger partial charge in [-0.15, -0.1) is 0 Å². The fourth-order valence-corrected chi connectivity index (χ4v) is 2.90. The molecule has 0 aliphatic heterocycles. The quantitative estimate of drug-likeness (QED) is 0.473. The van der Waals surface area contributed by atoms with Crippen molar-refractivity contribution in [3.8, 4) is 0 Å². The lowest BCUT2D eigenvalue weighted by Crippen LogP contribution is -2.09. The molecular weight excluding hydrogens is 270 g/mol. The summed E-state index contributed by atoms with van der Waals surface area (Å²) in [5, 5.41) is 2.32. The van der Waals surface area contributed by atoms with Crippen LogP contribution in [0, 0.1) is 6.92 Å². The molecule has 0 aliphatic rings. The van der Waals surface area contributed by atoms with E-state index in [0.29, 0.717) is 0 Å². The van der Waals surface area contributed by atoms with Crippen molar-refractivity contribution in [2.75, 3.05) is 11.9 Å². The number of aryl methyl sites for hydroxylation is 1. The minimum absolute atomic E-state index is 0.933. The van der Waals surface area contributed by atoms with Gasteiger partial charge in [-0.1, -0.05) is 48.0 Å². The van der Waals surface area contributed by atoms with E-state index >= 15 is 0 Å². The van der Waals surface area contributed by atoms with E-state index in [4.69, 9.17) is 4.42 Å². The van der Waals surface area contributed by atoms with Crippen LogP contribution in [-0.2, 0) is 0 Å². The molecular formula is C20H17NO. The van der Waals surface area contributed by atoms with Crippen molar-refractivity contribution < 1.29 is 4.42 Å². The topological polar surface area (TPSA) is 16.4 Å². The number of nitrogens with zero attached hydrogens (tertiary/aromatic N) is 1. The van der Waals surface area contributed by atoms with E-state index < -0.39 is 0 Å². The van der Waals surface area contributed by atoms with E-state index in [9.17, 15) is 0 Å². The Morgan fingerprint density at radius 3 is 2.32 bits per heavy atom. The van der Waals surface area contributed by atoms with Gasteiger partial charge in [0.2, 0.25) is 0 Å². The summed E-state index contributed by atoms with van der Waals surface area (Å²) < 4.78 is 6.11. The third kappa shape index (κ3) is 1.96. The van der Waals surface area contributed by atoms with Crippen LogP contribution in [0.15, 0.2) is 71.1 Å². The van der Waals surface area contributed by atoms with Crippen LogP contribution < -0.4 is 4.90 Å². The van der Waals surface area contributed by atoms with Crippen LogP contribution in [0.1, 0.15) is 5.56 Å². The normalized spacial score (nSPS) is 11.2. The van der Waals surface area contributed by atoms with Gasteiger partial charge in [0.05, 0.1) is 5.69 Å². The molecule has 3 aromatic carbocycles. The molecule has 2 heteroatoms. The molecule has 1 heterocycles. The SMILES string of the molecule is Cc1ccc(N(C)c2cccc3c2oc2ccccc23)cc1. The maximum absolute atomic E-state index is 6.11. The number of rotatable bonds is 2. The number of benzene rings is 3. The minimum Gasteiger partial charge on any atom is -0.454 e. The summed E-state index contributed by atoms with van der Waals surface area (Å²) in [6.45, 7) is 2.10. The van der Waals surface area contributed by atoms with Gasteiger partial charge in [-0.2, -0.15) is 0 Å². The Morgan fingerprint density at radius 1 is 0.773 bits per heavy atom. The first-order chi connectivity index (χ1) is 10.7. The van der Waals surface area contributed by atoms with E-state index in [1.165, 1.54) is 5.56 Å². The molecule has 0 amide bonds. The first-order valence-corrected chi connectivity index (χ1v) is 7.45. The van der Waals surface area contributed by atoms with Crippen LogP contribution in [0.25, 0.3) is 21.9 Å². The van der Waals surface area contributed by atoms with Crippen LogP contribution in [0.3, 0.4) is 0 Å². The van der Waals surface area contributed by atoms with Gasteiger partial charge in [0, 0.05) is 23.5 Å². The highest BCUT2D eigenvalue weighted by atomic mass is 16.3. The number of hydrogen-bond donors (Lipinski definition) is 0. The summed E-state index contributed by atoms with van der Waals surface area (Å²) in [7, 11) is 2.08. The van der Waals surface area contributed by atoms with Crippen LogP contribution in [0.4, 0.5) is 11.4 Å². The van der Waals surface area contributed by atoms with Gasteiger partial charge in [0.1, 0.15) is 5.58 Å². The number of para-hydroxylation sites is 2. The molecule has 0 atom stereocenters. The van der Waals surface area contributed by atoms with E-state index in [-0.39, 0.29) is 0 Å². The van der Waals surface area contributed by atoms with E-state index in [1.54, 1.807) is 0 Å². The Kier molecular flexibility index (Phi) is 2.90. The molecule has 0 radical (unpaired) electrons. The number of furan rings is 1. The zero-order valence-corrected chi connectivity index (χ0v) is 12.7. The molecule has 4 aromatic rings. The Bertz CT molecular complexity index is 950. The van der Waals surface area contributed by atoms with Crippen molar-refractivity contribution in [3.63, 3.8) is 0 Å². The average molecular weight is 287 g/mol. The van der Waals surface area contributed by atoms with Crippen molar-refractivity contribution in [1.29, 1.82) is 0 Å². The molecule has 0 bridgehead atoms. The molecule has 0 N–H and O–H groups in total. The predicted molar refractivity (Wildman–Crippen MR) is 93.0 cm³/mol. The zero-order chi connectivity index (χ0) is 15.1. The summed E-state index contributed by atoms with van der Waals surface area (Å²) in [6, 6.07) is 23.0. The zero-order valence-electron chi connectivity index (χ0n) is 12.7. The fraction of sp³-hybridized carbons (Fsp3) is 0.100. The first-order valence-electron chi connectivity index (χ1n) is 7.45. The van der Waals surface area contributed by atoms with Gasteiger partial charge in [-0.25, -0.2) is 0 Å². The second-order valence-corrected chi connectivity index (χ2v) is 5.65. The molecule has 4 rings (SSSR count). The van der Waals surface area contributed by atoms with Crippen molar-refractivity contribution in [2.45, 2.75) is 6.92 Å². The monoisotopic (exact) mass is 287 g/mol. The number of fused-ring (bicyclic) bond motifs is 3. The second kappa shape index (κ2) is 4.92. The van der Waals surface area contributed by atoms with Gasteiger partial charge in [-0.05, 0) is 31.2 Å². The van der Waals surface area contributed by atoms with Crippen molar-refractivity contribution >= 4 is 33.3 Å². The Hall–Kier alpha value is -2.74. The summed E-state index contributed by atoms with van der Waals surface area (Å²) in [4.78, 5) is 2.17. The molecule has 0 fully saturated rings. The van der Waals surface area contributed by atoms with Gasteiger partial charge < -0.3 is 9.32 Å². The minimum atomic E-state index is 0.933. The predicted octanol–water partition coefficient (Wildman–Crippen LogP) is 5.66. The smallest absolute Gasteiger partial charge is 0.159 e. The molecule has 0 spiro atoms. The molecule has 0 saturated carbocycles. The highest BCUT2D eigenvalue weighted by Crippen LogP contribution is 2.36. The van der Waals surface area contributed by atoms with Crippen molar-refractivity contribution in [3.05, 3.63) is 72.3 Å². The Labute approximate surface area is 129 Å². The largest absolute Gasteiger partial charge is 0.454 e. The number of hydrogen-bond acceptors (Lipinski definition) is 2. The third-order valence-corrected chi connectivity index (χ3v) is 4.17. The van der Waals surface area contributed by atoms with Gasteiger partial charge in [0.15, 0.2) is 5.58 Å². The lowest BCUT2D eigenvalue weighted by Gasteiger charge is -2.19. The van der Waals surface area contributed by atoms with Crippen LogP contribution in [-0.4, -0.2) is 7.05 Å². The maximum Gasteiger partial charge on any atom is 0.159 e. The van der Waals surface area contributed by atoms with E-state index in [1.807, 2.05) is 18.2 Å². The molecule has 1 aromatic heterocycles. The Balaban J connectivity index is 1.92. The second-order valence-electron chi connectivity index (χ2n) is 5.65. The molecule has 2 nitrogen and oxygen atoms in total. The number of anilines is 2. The summed E-state index contributed by atoms with van der Waals surface area (Å²) in [6.07, 6.45) is 0. The first kappa shape index (κ1) is 13.0. The molecule has 0 unspecified atom stereocenters. The molecule has 0 saturated heterocycles. The molecule has 22 heavy (non-hydrogen) atoms. The van der Waals surface area contributed by atoms with E-state index in [2.05, 4.69) is 67.4 Å². The summed E-state index contributed by atoms with van der Waals surface area (Å²) >= 11 is 0. The fourth-order valence-electron chi connectivity index (χ4n) is 2.90. The summed E-state index contributed by atoms with van der Waals surface area (Å²) in [5.41, 5.74) is 5.37. The van der Waals surface area contributed by atoms with Gasteiger partial charge in [-0.3, -0.25) is 0 Å². The maximum atomic E-state index is 6.11. The lowest BCUT2D eigenvalue weighted by molar-refractivity contribution is 0.668. The summed E-state index contributed by atoms with van der Waals surface area (Å²) in [5.74, 6) is 0. The Morgan fingerprint density at radius 2 is 1.50 bits per heavy atom. The van der Waals surface area contributed by atoms with Crippen LogP contribution in [0.5, 0.6) is 0 Å². The van der Waals surface area contributed by atoms with Crippen LogP contribution in [0.2, 0.25) is 0 Å². The molecule has 0 aliphatic carbocycles. The lowest BCUT2D eigenvalue weighted by atomic mass is 10.1. The van der Waals surface area contributed by atoms with Gasteiger partial charge in [0.25, 0.3) is 0 Å². The highest BCUT2D eigenvalue weighted by Gasteiger charge is 2.13. The van der Waals surface area contributed by atoms with Crippen molar-refractivity contribution in [2.24, 2.45) is 0 Å².